The van der Waals surface area contributed by atoms with Crippen molar-refractivity contribution in [3.8, 4) is 6.07 Å². The van der Waals surface area contributed by atoms with E-state index in [0.29, 0.717) is 24.9 Å². The molecule has 1 aliphatic carbocycles. The van der Waals surface area contributed by atoms with Gasteiger partial charge >= 0.3 is 0 Å². The lowest BCUT2D eigenvalue weighted by Gasteiger charge is -2.20. The zero-order chi connectivity index (χ0) is 18.7. The van der Waals surface area contributed by atoms with Gasteiger partial charge in [0.05, 0.1) is 23.5 Å². The van der Waals surface area contributed by atoms with Crippen LogP contribution in [0.25, 0.3) is 0 Å². The maximum absolute atomic E-state index is 12.4. The van der Waals surface area contributed by atoms with E-state index in [4.69, 9.17) is 5.26 Å². The van der Waals surface area contributed by atoms with Gasteiger partial charge in [0, 0.05) is 26.6 Å². The first-order valence-electron chi connectivity index (χ1n) is 8.74. The normalized spacial score (nSPS) is 21.5. The number of nitriles is 1. The molecule has 6 heteroatoms. The molecule has 1 aromatic rings. The molecule has 0 N–H and O–H groups in total. The molecule has 1 heterocycles. The Balaban J connectivity index is 1.56. The molecule has 1 fully saturated rings. The molecule has 2 aliphatic rings. The molecule has 0 bridgehead atoms. The fourth-order valence-electron chi connectivity index (χ4n) is 3.59. The van der Waals surface area contributed by atoms with Gasteiger partial charge in [-0.25, -0.2) is 0 Å². The van der Waals surface area contributed by atoms with Crippen LogP contribution in [0, 0.1) is 23.2 Å². The van der Waals surface area contributed by atoms with Crippen LogP contribution in [0.5, 0.6) is 0 Å². The molecule has 3 amide bonds. The van der Waals surface area contributed by atoms with E-state index in [1.807, 2.05) is 18.2 Å². The number of carbonyl (C=O) groups is 3. The number of amides is 3. The maximum Gasteiger partial charge on any atom is 0.233 e. The number of likely N-dealkylation sites (tertiary alicyclic amines) is 1. The molecule has 0 saturated carbocycles. The summed E-state index contributed by atoms with van der Waals surface area (Å²) in [6, 6.07) is 9.17. The Morgan fingerprint density at radius 2 is 1.88 bits per heavy atom. The lowest BCUT2D eigenvalue weighted by Crippen LogP contribution is -2.36. The Kier molecular flexibility index (Phi) is 5.17. The summed E-state index contributed by atoms with van der Waals surface area (Å²) in [5.74, 6) is -0.952. The van der Waals surface area contributed by atoms with Gasteiger partial charge in [0.15, 0.2) is 0 Å². The molecule has 1 aliphatic heterocycles. The molecule has 1 aromatic carbocycles. The Labute approximate surface area is 152 Å². The molecule has 1 saturated heterocycles. The number of fused-ring (bicyclic) bond motifs is 1. The van der Waals surface area contributed by atoms with Gasteiger partial charge in [-0.2, -0.15) is 5.26 Å². The summed E-state index contributed by atoms with van der Waals surface area (Å²) >= 11 is 0. The van der Waals surface area contributed by atoms with E-state index in [1.54, 1.807) is 30.1 Å². The Bertz CT molecular complexity index is 783. The van der Waals surface area contributed by atoms with Crippen LogP contribution in [0.1, 0.15) is 30.4 Å². The van der Waals surface area contributed by atoms with Gasteiger partial charge in [-0.1, -0.05) is 24.3 Å². The van der Waals surface area contributed by atoms with E-state index in [9.17, 15) is 14.4 Å². The molecule has 2 atom stereocenters. The zero-order valence-electron chi connectivity index (χ0n) is 14.7. The third-order valence-electron chi connectivity index (χ3n) is 5.05. The van der Waals surface area contributed by atoms with E-state index in [0.717, 1.165) is 5.56 Å². The molecule has 134 valence electrons. The smallest absolute Gasteiger partial charge is 0.233 e. The highest BCUT2D eigenvalue weighted by atomic mass is 16.2. The van der Waals surface area contributed by atoms with Crippen molar-refractivity contribution in [1.82, 2.24) is 9.80 Å². The standard InChI is InChI=1S/C20H21N3O3/c1-22(13-15-6-4-5-14(11-15)12-21)18(24)9-10-23-19(25)16-7-2-3-8-17(16)20(23)26/h2-6,11,16-17H,7-10,13H2,1H3/t16-,17-/m1/s1. The van der Waals surface area contributed by atoms with Gasteiger partial charge in [0.1, 0.15) is 0 Å². The minimum Gasteiger partial charge on any atom is -0.341 e. The fraction of sp³-hybridized carbons (Fsp3) is 0.400. The zero-order valence-corrected chi connectivity index (χ0v) is 14.7. The molecule has 0 unspecified atom stereocenters. The van der Waals surface area contributed by atoms with Crippen molar-refractivity contribution < 1.29 is 14.4 Å². The summed E-state index contributed by atoms with van der Waals surface area (Å²) in [4.78, 5) is 40.0. The van der Waals surface area contributed by atoms with Crippen LogP contribution in [0.2, 0.25) is 0 Å². The SMILES string of the molecule is CN(Cc1cccc(C#N)c1)C(=O)CCN1C(=O)[C@@H]2CC=CC[C@H]2C1=O. The molecule has 26 heavy (non-hydrogen) atoms. The Morgan fingerprint density at radius 1 is 1.23 bits per heavy atom. The minimum atomic E-state index is -0.256. The quantitative estimate of drug-likeness (QED) is 0.599. The first-order valence-corrected chi connectivity index (χ1v) is 8.74. The Hall–Kier alpha value is -2.94. The van der Waals surface area contributed by atoms with E-state index < -0.39 is 0 Å². The van der Waals surface area contributed by atoms with Crippen LogP contribution in [0.3, 0.4) is 0 Å². The average molecular weight is 351 g/mol. The lowest BCUT2D eigenvalue weighted by molar-refractivity contribution is -0.140. The number of carbonyl (C=O) groups excluding carboxylic acids is 3. The van der Waals surface area contributed by atoms with Crippen molar-refractivity contribution in [1.29, 1.82) is 5.26 Å². The van der Waals surface area contributed by atoms with Crippen LogP contribution in [0.4, 0.5) is 0 Å². The minimum absolute atomic E-state index is 0.110. The van der Waals surface area contributed by atoms with Gasteiger partial charge in [-0.3, -0.25) is 19.3 Å². The van der Waals surface area contributed by atoms with Gasteiger partial charge in [-0.15, -0.1) is 0 Å². The summed E-state index contributed by atoms with van der Waals surface area (Å²) in [6.07, 6.45) is 5.22. The van der Waals surface area contributed by atoms with Crippen LogP contribution in [-0.2, 0) is 20.9 Å². The Morgan fingerprint density at radius 3 is 2.50 bits per heavy atom. The summed E-state index contributed by atoms with van der Waals surface area (Å²) in [6.45, 7) is 0.511. The van der Waals surface area contributed by atoms with Crippen LogP contribution < -0.4 is 0 Å². The molecular formula is C20H21N3O3. The van der Waals surface area contributed by atoms with E-state index in [1.165, 1.54) is 4.90 Å². The van der Waals surface area contributed by atoms with E-state index in [-0.39, 0.29) is 42.5 Å². The topological polar surface area (TPSA) is 81.5 Å². The third kappa shape index (κ3) is 3.52. The maximum atomic E-state index is 12.4. The first-order chi connectivity index (χ1) is 12.5. The van der Waals surface area contributed by atoms with Crippen molar-refractivity contribution in [3.63, 3.8) is 0 Å². The highest BCUT2D eigenvalue weighted by molar-refractivity contribution is 6.05. The third-order valence-corrected chi connectivity index (χ3v) is 5.05. The van der Waals surface area contributed by atoms with Gasteiger partial charge < -0.3 is 4.90 Å². The number of rotatable bonds is 5. The highest BCUT2D eigenvalue weighted by Crippen LogP contribution is 2.35. The second kappa shape index (κ2) is 7.52. The summed E-state index contributed by atoms with van der Waals surface area (Å²) in [5.41, 5.74) is 1.41. The number of nitrogens with zero attached hydrogens (tertiary/aromatic N) is 3. The molecule has 3 rings (SSSR count). The number of benzene rings is 1. The molecule has 0 radical (unpaired) electrons. The predicted octanol–water partition coefficient (Wildman–Crippen LogP) is 1.86. The van der Waals surface area contributed by atoms with E-state index in [2.05, 4.69) is 6.07 Å². The summed E-state index contributed by atoms with van der Waals surface area (Å²) in [5, 5.41) is 8.94. The van der Waals surface area contributed by atoms with Crippen LogP contribution in [0.15, 0.2) is 36.4 Å². The first kappa shape index (κ1) is 17.9. The van der Waals surface area contributed by atoms with E-state index >= 15 is 0 Å². The van der Waals surface area contributed by atoms with Gasteiger partial charge in [-0.05, 0) is 30.5 Å². The highest BCUT2D eigenvalue weighted by Gasteiger charge is 2.46. The van der Waals surface area contributed by atoms with Crippen molar-refractivity contribution >= 4 is 17.7 Å². The molecular weight excluding hydrogens is 330 g/mol. The largest absolute Gasteiger partial charge is 0.341 e. The number of hydrogen-bond acceptors (Lipinski definition) is 4. The fourth-order valence-corrected chi connectivity index (χ4v) is 3.59. The van der Waals surface area contributed by atoms with Gasteiger partial charge in [0.2, 0.25) is 17.7 Å². The number of allylic oxidation sites excluding steroid dienone is 2. The molecule has 0 spiro atoms. The van der Waals surface area contributed by atoms with Gasteiger partial charge in [0.25, 0.3) is 0 Å². The van der Waals surface area contributed by atoms with Crippen molar-refractivity contribution in [2.75, 3.05) is 13.6 Å². The van der Waals surface area contributed by atoms with Crippen molar-refractivity contribution in [3.05, 3.63) is 47.5 Å². The summed E-state index contributed by atoms with van der Waals surface area (Å²) in [7, 11) is 1.68. The number of imide groups is 1. The van der Waals surface area contributed by atoms with Crippen molar-refractivity contribution in [2.45, 2.75) is 25.8 Å². The van der Waals surface area contributed by atoms with Crippen LogP contribution in [-0.4, -0.2) is 41.1 Å². The monoisotopic (exact) mass is 351 g/mol. The second-order valence-corrected chi connectivity index (χ2v) is 6.80. The summed E-state index contributed by atoms with van der Waals surface area (Å²) < 4.78 is 0. The molecule has 0 aromatic heterocycles. The molecule has 6 nitrogen and oxygen atoms in total. The number of hydrogen-bond donors (Lipinski definition) is 0. The predicted molar refractivity (Wildman–Crippen MR) is 94.3 cm³/mol. The van der Waals surface area contributed by atoms with Crippen LogP contribution >= 0.6 is 0 Å². The lowest BCUT2D eigenvalue weighted by atomic mass is 9.85. The van der Waals surface area contributed by atoms with Crippen molar-refractivity contribution in [2.24, 2.45) is 11.8 Å². The average Bonchev–Trinajstić information content (AvgIpc) is 2.90. The second-order valence-electron chi connectivity index (χ2n) is 6.80.